The molecule has 0 spiro atoms. The van der Waals surface area contributed by atoms with E-state index in [1.807, 2.05) is 0 Å². The highest BCUT2D eigenvalue weighted by molar-refractivity contribution is 5.68. The van der Waals surface area contributed by atoms with Gasteiger partial charge < -0.3 is 14.7 Å². The van der Waals surface area contributed by atoms with E-state index in [2.05, 4.69) is 14.9 Å². The second-order valence-corrected chi connectivity index (χ2v) is 5.37. The average Bonchev–Trinajstić information content (AvgIpc) is 2.94. The maximum Gasteiger partial charge on any atom is 0.329 e. The Hall–Kier alpha value is -1.69. The lowest BCUT2D eigenvalue weighted by Crippen LogP contribution is -2.38. The maximum atomic E-state index is 10.5. The van der Waals surface area contributed by atoms with Crippen LogP contribution in [-0.2, 0) is 22.4 Å². The molecular formula is C14H19N3O3. The van der Waals surface area contributed by atoms with E-state index in [0.29, 0.717) is 0 Å². The molecule has 6 nitrogen and oxygen atoms in total. The van der Waals surface area contributed by atoms with Gasteiger partial charge in [-0.2, -0.15) is 0 Å². The number of fused-ring (bicyclic) bond motifs is 1. The number of hydrogen-bond acceptors (Lipinski definition) is 5. The number of carbonyl (C=O) groups is 1. The van der Waals surface area contributed by atoms with Crippen LogP contribution in [0.2, 0.25) is 0 Å². The van der Waals surface area contributed by atoms with Crippen LogP contribution in [-0.4, -0.2) is 46.8 Å². The number of ether oxygens (including phenoxy) is 1. The number of carboxylic acids is 1. The number of carboxylic acid groups (broad SMARTS) is 1. The Kier molecular flexibility index (Phi) is 3.82. The zero-order valence-electron chi connectivity index (χ0n) is 11.4. The van der Waals surface area contributed by atoms with E-state index in [9.17, 15) is 4.79 Å². The molecule has 2 aliphatic rings. The minimum absolute atomic E-state index is 0.0530. The molecule has 6 heteroatoms. The van der Waals surface area contributed by atoms with Crippen molar-refractivity contribution in [3.63, 3.8) is 0 Å². The second kappa shape index (κ2) is 5.75. The monoisotopic (exact) mass is 277 g/mol. The van der Waals surface area contributed by atoms with Gasteiger partial charge in [0.2, 0.25) is 0 Å². The Morgan fingerprint density at radius 3 is 2.90 bits per heavy atom. The minimum Gasteiger partial charge on any atom is -0.480 e. The fraction of sp³-hybridized carbons (Fsp3) is 0.643. The van der Waals surface area contributed by atoms with Gasteiger partial charge >= 0.3 is 5.97 Å². The van der Waals surface area contributed by atoms with Crippen LogP contribution >= 0.6 is 0 Å². The lowest BCUT2D eigenvalue weighted by molar-refractivity contribution is -0.144. The molecule has 1 aromatic rings. The summed E-state index contributed by atoms with van der Waals surface area (Å²) in [5.74, 6) is 0.172. The average molecular weight is 277 g/mol. The summed E-state index contributed by atoms with van der Waals surface area (Å²) in [6.07, 6.45) is 6.71. The number of aryl methyl sites for hydroxylation is 1. The fourth-order valence-corrected chi connectivity index (χ4v) is 3.04. The van der Waals surface area contributed by atoms with Crippen LogP contribution in [0.1, 0.15) is 30.5 Å². The van der Waals surface area contributed by atoms with E-state index in [1.54, 1.807) is 6.33 Å². The van der Waals surface area contributed by atoms with Gasteiger partial charge in [0, 0.05) is 24.3 Å². The molecule has 1 saturated heterocycles. The predicted octanol–water partition coefficient (Wildman–Crippen LogP) is 1.04. The lowest BCUT2D eigenvalue weighted by atomic mass is 10.1. The summed E-state index contributed by atoms with van der Waals surface area (Å²) in [5.41, 5.74) is 2.50. The third kappa shape index (κ3) is 2.75. The number of anilines is 1. The van der Waals surface area contributed by atoms with E-state index < -0.39 is 5.97 Å². The number of aromatic nitrogens is 2. The normalized spacial score (nSPS) is 19.1. The van der Waals surface area contributed by atoms with Crippen molar-refractivity contribution in [3.8, 4) is 0 Å². The van der Waals surface area contributed by atoms with Gasteiger partial charge in [0.25, 0.3) is 0 Å². The van der Waals surface area contributed by atoms with Gasteiger partial charge in [-0.15, -0.1) is 0 Å². The van der Waals surface area contributed by atoms with Crippen molar-refractivity contribution in [2.45, 2.75) is 38.2 Å². The SMILES string of the molecule is O=C(O)COC1CCN(c2ncnc3c2CCC3)CC1. The van der Waals surface area contributed by atoms with Gasteiger partial charge in [-0.05, 0) is 32.1 Å². The van der Waals surface area contributed by atoms with E-state index in [4.69, 9.17) is 9.84 Å². The molecule has 108 valence electrons. The molecule has 1 fully saturated rings. The highest BCUT2D eigenvalue weighted by Crippen LogP contribution is 2.29. The van der Waals surface area contributed by atoms with Crippen LogP contribution in [0.4, 0.5) is 5.82 Å². The molecule has 0 aromatic carbocycles. The van der Waals surface area contributed by atoms with Gasteiger partial charge in [-0.3, -0.25) is 0 Å². The maximum absolute atomic E-state index is 10.5. The van der Waals surface area contributed by atoms with E-state index in [1.165, 1.54) is 17.7 Å². The first-order valence-electron chi connectivity index (χ1n) is 7.15. The largest absolute Gasteiger partial charge is 0.480 e. The first-order valence-corrected chi connectivity index (χ1v) is 7.15. The lowest BCUT2D eigenvalue weighted by Gasteiger charge is -2.33. The van der Waals surface area contributed by atoms with Crippen molar-refractivity contribution in [3.05, 3.63) is 17.6 Å². The van der Waals surface area contributed by atoms with Crippen LogP contribution in [0.3, 0.4) is 0 Å². The minimum atomic E-state index is -0.902. The van der Waals surface area contributed by atoms with Crippen LogP contribution in [0.15, 0.2) is 6.33 Å². The highest BCUT2D eigenvalue weighted by atomic mass is 16.5. The molecule has 1 N–H and O–H groups in total. The Morgan fingerprint density at radius 2 is 2.15 bits per heavy atom. The van der Waals surface area contributed by atoms with Crippen molar-refractivity contribution in [2.24, 2.45) is 0 Å². The van der Waals surface area contributed by atoms with Gasteiger partial charge in [0.15, 0.2) is 0 Å². The van der Waals surface area contributed by atoms with Crippen molar-refractivity contribution in [1.29, 1.82) is 0 Å². The molecule has 0 amide bonds. The van der Waals surface area contributed by atoms with Gasteiger partial charge in [0.05, 0.1) is 6.10 Å². The molecular weight excluding hydrogens is 258 g/mol. The Balaban J connectivity index is 1.61. The number of hydrogen-bond donors (Lipinski definition) is 1. The van der Waals surface area contributed by atoms with E-state index in [0.717, 1.165) is 44.6 Å². The van der Waals surface area contributed by atoms with E-state index in [-0.39, 0.29) is 12.7 Å². The molecule has 2 heterocycles. The topological polar surface area (TPSA) is 75.6 Å². The summed E-state index contributed by atoms with van der Waals surface area (Å²) in [4.78, 5) is 21.6. The van der Waals surface area contributed by atoms with Crippen LogP contribution in [0.25, 0.3) is 0 Å². The molecule has 1 aromatic heterocycles. The number of nitrogens with zero attached hydrogens (tertiary/aromatic N) is 3. The Labute approximate surface area is 117 Å². The first kappa shape index (κ1) is 13.3. The summed E-state index contributed by atoms with van der Waals surface area (Å²) in [6, 6.07) is 0. The standard InChI is InChI=1S/C14H19N3O3/c18-13(19)8-20-10-4-6-17(7-5-10)14-11-2-1-3-12(11)15-9-16-14/h9-10H,1-8H2,(H,18,19). The molecule has 1 aliphatic carbocycles. The number of rotatable bonds is 4. The third-order valence-corrected chi connectivity index (χ3v) is 4.04. The third-order valence-electron chi connectivity index (χ3n) is 4.04. The van der Waals surface area contributed by atoms with Crippen LogP contribution < -0.4 is 4.90 Å². The van der Waals surface area contributed by atoms with Crippen molar-refractivity contribution >= 4 is 11.8 Å². The molecule has 0 atom stereocenters. The summed E-state index contributed by atoms with van der Waals surface area (Å²) in [6.45, 7) is 1.54. The highest BCUT2D eigenvalue weighted by Gasteiger charge is 2.25. The van der Waals surface area contributed by atoms with E-state index >= 15 is 0 Å². The van der Waals surface area contributed by atoms with Gasteiger partial charge in [-0.1, -0.05) is 0 Å². The fourth-order valence-electron chi connectivity index (χ4n) is 3.04. The summed E-state index contributed by atoms with van der Waals surface area (Å²) in [5, 5.41) is 8.63. The van der Waals surface area contributed by atoms with Crippen LogP contribution in [0.5, 0.6) is 0 Å². The predicted molar refractivity (Wildman–Crippen MR) is 72.9 cm³/mol. The van der Waals surface area contributed by atoms with Gasteiger partial charge in [-0.25, -0.2) is 14.8 Å². The molecule has 0 saturated carbocycles. The Morgan fingerprint density at radius 1 is 1.35 bits per heavy atom. The van der Waals surface area contributed by atoms with Crippen LogP contribution in [0, 0.1) is 0 Å². The summed E-state index contributed by atoms with van der Waals surface area (Å²) < 4.78 is 5.36. The molecule has 0 unspecified atom stereocenters. The Bertz CT molecular complexity index is 498. The quantitative estimate of drug-likeness (QED) is 0.886. The number of piperidine rings is 1. The zero-order valence-corrected chi connectivity index (χ0v) is 11.4. The molecule has 20 heavy (non-hydrogen) atoms. The molecule has 0 bridgehead atoms. The summed E-state index contributed by atoms with van der Waals surface area (Å²) >= 11 is 0. The molecule has 1 aliphatic heterocycles. The first-order chi connectivity index (χ1) is 9.74. The van der Waals surface area contributed by atoms with Crippen molar-refractivity contribution < 1.29 is 14.6 Å². The number of aliphatic carboxylic acids is 1. The van der Waals surface area contributed by atoms with Gasteiger partial charge in [0.1, 0.15) is 18.8 Å². The second-order valence-electron chi connectivity index (χ2n) is 5.37. The van der Waals surface area contributed by atoms with Crippen molar-refractivity contribution in [2.75, 3.05) is 24.6 Å². The zero-order chi connectivity index (χ0) is 13.9. The van der Waals surface area contributed by atoms with Crippen molar-refractivity contribution in [1.82, 2.24) is 9.97 Å². The smallest absolute Gasteiger partial charge is 0.329 e. The molecule has 0 radical (unpaired) electrons. The molecule has 3 rings (SSSR count). The summed E-state index contributed by atoms with van der Waals surface area (Å²) in [7, 11) is 0.